The molecule has 0 saturated carbocycles. The molecular weight excluding hydrogens is 208 g/mol. The van der Waals surface area contributed by atoms with E-state index in [0.717, 1.165) is 0 Å². The first-order chi connectivity index (χ1) is 7.61. The first kappa shape index (κ1) is 10.4. The maximum atomic E-state index is 11.0. The van der Waals surface area contributed by atoms with Crippen molar-refractivity contribution in [3.8, 4) is 5.75 Å². The number of ether oxygens (including phenoxy) is 1. The standard InChI is InChI=1S/C11H10N2O3/c1-6-12-9-5-7(16-2)3-4-8(9)10(13-6)11(14)15/h3-5H,1-2H3,(H,14,15). The highest BCUT2D eigenvalue weighted by molar-refractivity contribution is 6.00. The molecule has 0 aliphatic rings. The number of benzene rings is 1. The monoisotopic (exact) mass is 218 g/mol. The molecule has 2 aromatic rings. The number of carbonyl (C=O) groups is 1. The van der Waals surface area contributed by atoms with Crippen LogP contribution in [0.4, 0.5) is 0 Å². The maximum Gasteiger partial charge on any atom is 0.355 e. The van der Waals surface area contributed by atoms with E-state index in [9.17, 15) is 4.79 Å². The molecule has 0 atom stereocenters. The lowest BCUT2D eigenvalue weighted by atomic mass is 10.1. The van der Waals surface area contributed by atoms with Gasteiger partial charge in [0.15, 0.2) is 5.69 Å². The van der Waals surface area contributed by atoms with Gasteiger partial charge in [0.05, 0.1) is 12.6 Å². The fraction of sp³-hybridized carbons (Fsp3) is 0.182. The van der Waals surface area contributed by atoms with E-state index in [1.54, 1.807) is 32.2 Å². The van der Waals surface area contributed by atoms with Crippen LogP contribution in [0.1, 0.15) is 16.3 Å². The molecule has 5 nitrogen and oxygen atoms in total. The fourth-order valence-corrected chi connectivity index (χ4v) is 1.52. The van der Waals surface area contributed by atoms with E-state index in [4.69, 9.17) is 9.84 Å². The highest BCUT2D eigenvalue weighted by Crippen LogP contribution is 2.21. The molecule has 5 heteroatoms. The van der Waals surface area contributed by atoms with Crippen LogP contribution in [0.25, 0.3) is 10.9 Å². The van der Waals surface area contributed by atoms with E-state index in [0.29, 0.717) is 22.5 Å². The van der Waals surface area contributed by atoms with Gasteiger partial charge >= 0.3 is 5.97 Å². The normalized spacial score (nSPS) is 10.4. The van der Waals surface area contributed by atoms with E-state index in [1.165, 1.54) is 0 Å². The van der Waals surface area contributed by atoms with Gasteiger partial charge in [-0.2, -0.15) is 0 Å². The van der Waals surface area contributed by atoms with Crippen LogP contribution in [0.3, 0.4) is 0 Å². The van der Waals surface area contributed by atoms with Crippen molar-refractivity contribution in [2.24, 2.45) is 0 Å². The average molecular weight is 218 g/mol. The van der Waals surface area contributed by atoms with Crippen molar-refractivity contribution in [1.82, 2.24) is 9.97 Å². The van der Waals surface area contributed by atoms with Crippen molar-refractivity contribution in [2.75, 3.05) is 7.11 Å². The molecule has 0 spiro atoms. The van der Waals surface area contributed by atoms with Gasteiger partial charge in [-0.3, -0.25) is 0 Å². The summed E-state index contributed by atoms with van der Waals surface area (Å²) in [5, 5.41) is 9.53. The van der Waals surface area contributed by atoms with E-state index in [-0.39, 0.29) is 5.69 Å². The quantitative estimate of drug-likeness (QED) is 0.829. The largest absolute Gasteiger partial charge is 0.497 e. The number of aromatic carboxylic acids is 1. The Labute approximate surface area is 91.7 Å². The summed E-state index contributed by atoms with van der Waals surface area (Å²) in [6.45, 7) is 1.66. The summed E-state index contributed by atoms with van der Waals surface area (Å²) >= 11 is 0. The zero-order valence-corrected chi connectivity index (χ0v) is 8.89. The van der Waals surface area contributed by atoms with Crippen LogP contribution in [-0.2, 0) is 0 Å². The van der Waals surface area contributed by atoms with Crippen LogP contribution in [0.2, 0.25) is 0 Å². The second-order valence-corrected chi connectivity index (χ2v) is 3.31. The molecule has 0 aliphatic heterocycles. The first-order valence-corrected chi connectivity index (χ1v) is 4.67. The Morgan fingerprint density at radius 2 is 2.12 bits per heavy atom. The molecule has 2 rings (SSSR count). The van der Waals surface area contributed by atoms with E-state index in [1.807, 2.05) is 0 Å². The third-order valence-electron chi connectivity index (χ3n) is 2.22. The zero-order chi connectivity index (χ0) is 11.7. The Kier molecular flexibility index (Phi) is 2.44. The predicted octanol–water partition coefficient (Wildman–Crippen LogP) is 1.65. The molecule has 1 N–H and O–H groups in total. The van der Waals surface area contributed by atoms with Crippen molar-refractivity contribution in [3.05, 3.63) is 29.7 Å². The minimum atomic E-state index is -1.05. The van der Waals surface area contributed by atoms with Gasteiger partial charge in [-0.15, -0.1) is 0 Å². The number of aryl methyl sites for hydroxylation is 1. The topological polar surface area (TPSA) is 72.3 Å². The highest BCUT2D eigenvalue weighted by Gasteiger charge is 2.12. The maximum absolute atomic E-state index is 11.0. The van der Waals surface area contributed by atoms with Crippen molar-refractivity contribution in [3.63, 3.8) is 0 Å². The number of hydrogen-bond acceptors (Lipinski definition) is 4. The molecule has 0 saturated heterocycles. The van der Waals surface area contributed by atoms with E-state index >= 15 is 0 Å². The molecule has 1 aromatic heterocycles. The summed E-state index contributed by atoms with van der Waals surface area (Å²) in [4.78, 5) is 19.1. The van der Waals surface area contributed by atoms with Gasteiger partial charge in [0, 0.05) is 11.5 Å². The number of carboxylic acid groups (broad SMARTS) is 1. The third kappa shape index (κ3) is 1.67. The molecule has 16 heavy (non-hydrogen) atoms. The minimum absolute atomic E-state index is 0.0187. The van der Waals surface area contributed by atoms with Gasteiger partial charge in [0.1, 0.15) is 11.6 Å². The van der Waals surface area contributed by atoms with Crippen LogP contribution in [-0.4, -0.2) is 28.2 Å². The Balaban J connectivity index is 2.78. The lowest BCUT2D eigenvalue weighted by Gasteiger charge is -2.05. The fourth-order valence-electron chi connectivity index (χ4n) is 1.52. The van der Waals surface area contributed by atoms with E-state index in [2.05, 4.69) is 9.97 Å². The van der Waals surface area contributed by atoms with Crippen LogP contribution >= 0.6 is 0 Å². The summed E-state index contributed by atoms with van der Waals surface area (Å²) in [5.41, 5.74) is 0.592. The van der Waals surface area contributed by atoms with Crippen LogP contribution < -0.4 is 4.74 Å². The van der Waals surface area contributed by atoms with Crippen molar-refractivity contribution in [1.29, 1.82) is 0 Å². The Morgan fingerprint density at radius 1 is 1.38 bits per heavy atom. The number of rotatable bonds is 2. The molecule has 82 valence electrons. The summed E-state index contributed by atoms with van der Waals surface area (Å²) < 4.78 is 5.05. The molecule has 0 bridgehead atoms. The van der Waals surface area contributed by atoms with Gasteiger partial charge in [0.2, 0.25) is 0 Å². The zero-order valence-electron chi connectivity index (χ0n) is 8.89. The minimum Gasteiger partial charge on any atom is -0.497 e. The van der Waals surface area contributed by atoms with Gasteiger partial charge in [0.25, 0.3) is 0 Å². The Morgan fingerprint density at radius 3 is 2.75 bits per heavy atom. The molecule has 0 amide bonds. The van der Waals surface area contributed by atoms with Gasteiger partial charge in [-0.05, 0) is 19.1 Å². The van der Waals surface area contributed by atoms with Gasteiger partial charge < -0.3 is 9.84 Å². The number of fused-ring (bicyclic) bond motifs is 1. The molecule has 1 heterocycles. The summed E-state index contributed by atoms with van der Waals surface area (Å²) in [7, 11) is 1.55. The van der Waals surface area contributed by atoms with E-state index < -0.39 is 5.97 Å². The smallest absolute Gasteiger partial charge is 0.355 e. The predicted molar refractivity (Wildman–Crippen MR) is 57.8 cm³/mol. The number of aromatic nitrogens is 2. The third-order valence-corrected chi connectivity index (χ3v) is 2.22. The summed E-state index contributed by atoms with van der Waals surface area (Å²) in [5.74, 6) is 0.0146. The van der Waals surface area contributed by atoms with Crippen molar-refractivity contribution < 1.29 is 14.6 Å². The Bertz CT molecular complexity index is 566. The second kappa shape index (κ2) is 3.77. The lowest BCUT2D eigenvalue weighted by Crippen LogP contribution is -2.04. The van der Waals surface area contributed by atoms with Crippen molar-refractivity contribution >= 4 is 16.9 Å². The molecule has 1 aromatic carbocycles. The Hall–Kier alpha value is -2.17. The number of carboxylic acids is 1. The lowest BCUT2D eigenvalue weighted by molar-refractivity contribution is 0.0692. The average Bonchev–Trinajstić information content (AvgIpc) is 2.26. The molecule has 0 unspecified atom stereocenters. The summed E-state index contributed by atoms with van der Waals surface area (Å²) in [6.07, 6.45) is 0. The SMILES string of the molecule is COc1ccc2c(C(=O)O)nc(C)nc2c1. The van der Waals surface area contributed by atoms with Crippen molar-refractivity contribution in [2.45, 2.75) is 6.92 Å². The second-order valence-electron chi connectivity index (χ2n) is 3.31. The van der Waals surface area contributed by atoms with Gasteiger partial charge in [-0.25, -0.2) is 14.8 Å². The molecule has 0 aliphatic carbocycles. The molecule has 0 radical (unpaired) electrons. The van der Waals surface area contributed by atoms with Crippen LogP contribution in [0.15, 0.2) is 18.2 Å². The van der Waals surface area contributed by atoms with Crippen LogP contribution in [0, 0.1) is 6.92 Å². The first-order valence-electron chi connectivity index (χ1n) is 4.67. The number of nitrogens with zero attached hydrogens (tertiary/aromatic N) is 2. The van der Waals surface area contributed by atoms with Crippen LogP contribution in [0.5, 0.6) is 5.75 Å². The highest BCUT2D eigenvalue weighted by atomic mass is 16.5. The van der Waals surface area contributed by atoms with Gasteiger partial charge in [-0.1, -0.05) is 0 Å². The molecule has 0 fully saturated rings. The number of hydrogen-bond donors (Lipinski definition) is 1. The number of methoxy groups -OCH3 is 1. The summed E-state index contributed by atoms with van der Waals surface area (Å²) in [6, 6.07) is 5.03. The molecular formula is C11H10N2O3.